The van der Waals surface area contributed by atoms with Crippen LogP contribution in [0.2, 0.25) is 0 Å². The Hall–Kier alpha value is -2.10. The number of nitrogens with zero attached hydrogens (tertiary/aromatic N) is 2. The van der Waals surface area contributed by atoms with Crippen molar-refractivity contribution in [2.75, 3.05) is 32.7 Å². The molecule has 4 rings (SSSR count). The highest BCUT2D eigenvalue weighted by Crippen LogP contribution is 2.25. The fraction of sp³-hybridized carbons (Fsp3) is 0.333. The van der Waals surface area contributed by atoms with Crippen molar-refractivity contribution in [1.29, 1.82) is 0 Å². The number of benzene rings is 2. The Morgan fingerprint density at radius 2 is 1.54 bits per heavy atom. The molecule has 0 amide bonds. The molecule has 0 aliphatic carbocycles. The summed E-state index contributed by atoms with van der Waals surface area (Å²) in [5, 5.41) is 0. The normalized spacial score (nSPS) is 21.2. The first-order chi connectivity index (χ1) is 11.9. The Morgan fingerprint density at radius 1 is 0.833 bits per heavy atom. The highest BCUT2D eigenvalue weighted by molar-refractivity contribution is 5.59. The third kappa shape index (κ3) is 3.69. The van der Waals surface area contributed by atoms with Crippen molar-refractivity contribution in [3.05, 3.63) is 71.8 Å². The standard InChI is InChI=1S/C21H24N2O/c1-2-6-18(7-3-1)16-22-12-14-23(15-13-22)17-20-11-10-19-8-4-5-9-21(19)24-20/h1-11,20H,12-17H2. The predicted molar refractivity (Wildman–Crippen MR) is 98.1 cm³/mol. The molecule has 0 bridgehead atoms. The fourth-order valence-electron chi connectivity index (χ4n) is 3.46. The molecule has 2 aromatic rings. The van der Waals surface area contributed by atoms with Crippen molar-refractivity contribution in [1.82, 2.24) is 9.80 Å². The van der Waals surface area contributed by atoms with Gasteiger partial charge in [0.05, 0.1) is 0 Å². The topological polar surface area (TPSA) is 15.7 Å². The zero-order valence-electron chi connectivity index (χ0n) is 14.0. The molecule has 0 N–H and O–H groups in total. The number of piperazine rings is 1. The van der Waals surface area contributed by atoms with Crippen LogP contribution < -0.4 is 4.74 Å². The van der Waals surface area contributed by atoms with E-state index in [1.54, 1.807) is 0 Å². The maximum Gasteiger partial charge on any atom is 0.130 e. The molecule has 0 spiro atoms. The molecule has 2 aliphatic heterocycles. The number of fused-ring (bicyclic) bond motifs is 1. The quantitative estimate of drug-likeness (QED) is 0.860. The molecule has 0 radical (unpaired) electrons. The maximum absolute atomic E-state index is 6.12. The number of rotatable bonds is 4. The van der Waals surface area contributed by atoms with E-state index in [0.717, 1.165) is 45.0 Å². The molecular formula is C21H24N2O. The van der Waals surface area contributed by atoms with Crippen LogP contribution >= 0.6 is 0 Å². The summed E-state index contributed by atoms with van der Waals surface area (Å²) in [4.78, 5) is 5.06. The van der Waals surface area contributed by atoms with E-state index in [9.17, 15) is 0 Å². The highest BCUT2D eigenvalue weighted by Gasteiger charge is 2.21. The molecule has 2 aliphatic rings. The predicted octanol–water partition coefficient (Wildman–Crippen LogP) is 3.28. The minimum absolute atomic E-state index is 0.167. The maximum atomic E-state index is 6.12. The Balaban J connectivity index is 1.27. The summed E-state index contributed by atoms with van der Waals surface area (Å²) >= 11 is 0. The van der Waals surface area contributed by atoms with E-state index in [-0.39, 0.29) is 6.10 Å². The largest absolute Gasteiger partial charge is 0.484 e. The summed E-state index contributed by atoms with van der Waals surface area (Å²) in [6, 6.07) is 19.0. The molecule has 1 saturated heterocycles. The van der Waals surface area contributed by atoms with Gasteiger partial charge in [-0.25, -0.2) is 0 Å². The summed E-state index contributed by atoms with van der Waals surface area (Å²) in [6.45, 7) is 6.51. The zero-order chi connectivity index (χ0) is 16.2. The lowest BCUT2D eigenvalue weighted by atomic mass is 10.1. The van der Waals surface area contributed by atoms with Gasteiger partial charge in [-0.3, -0.25) is 9.80 Å². The second-order valence-corrected chi connectivity index (χ2v) is 6.62. The Bertz CT molecular complexity index is 690. The number of para-hydroxylation sites is 1. The van der Waals surface area contributed by atoms with E-state index in [1.807, 2.05) is 6.07 Å². The van der Waals surface area contributed by atoms with Crippen LogP contribution in [0.5, 0.6) is 5.75 Å². The van der Waals surface area contributed by atoms with Gasteiger partial charge in [0.25, 0.3) is 0 Å². The fourth-order valence-corrected chi connectivity index (χ4v) is 3.46. The van der Waals surface area contributed by atoms with Crippen LogP contribution in [0.15, 0.2) is 60.7 Å². The Morgan fingerprint density at radius 3 is 2.38 bits per heavy atom. The smallest absolute Gasteiger partial charge is 0.130 e. The lowest BCUT2D eigenvalue weighted by Gasteiger charge is -2.36. The van der Waals surface area contributed by atoms with Gasteiger partial charge in [-0.1, -0.05) is 54.6 Å². The molecule has 3 nitrogen and oxygen atoms in total. The average molecular weight is 320 g/mol. The summed E-state index contributed by atoms with van der Waals surface area (Å²) < 4.78 is 6.12. The minimum atomic E-state index is 0.167. The molecule has 1 fully saturated rings. The van der Waals surface area contributed by atoms with Gasteiger partial charge in [-0.2, -0.15) is 0 Å². The van der Waals surface area contributed by atoms with Gasteiger partial charge in [0.15, 0.2) is 0 Å². The highest BCUT2D eigenvalue weighted by atomic mass is 16.5. The first-order valence-electron chi connectivity index (χ1n) is 8.79. The van der Waals surface area contributed by atoms with Crippen LogP contribution in [0.3, 0.4) is 0 Å². The van der Waals surface area contributed by atoms with Crippen molar-refractivity contribution in [2.45, 2.75) is 12.6 Å². The van der Waals surface area contributed by atoms with Crippen molar-refractivity contribution in [2.24, 2.45) is 0 Å². The molecule has 2 aromatic carbocycles. The van der Waals surface area contributed by atoms with Gasteiger partial charge in [0, 0.05) is 44.8 Å². The first kappa shape index (κ1) is 15.4. The summed E-state index contributed by atoms with van der Waals surface area (Å²) in [5.41, 5.74) is 2.59. The third-order valence-corrected chi connectivity index (χ3v) is 4.84. The lowest BCUT2D eigenvalue weighted by Crippen LogP contribution is -2.48. The first-order valence-corrected chi connectivity index (χ1v) is 8.79. The Kier molecular flexibility index (Phi) is 4.63. The van der Waals surface area contributed by atoms with Gasteiger partial charge in [-0.15, -0.1) is 0 Å². The van der Waals surface area contributed by atoms with Crippen LogP contribution in [0, 0.1) is 0 Å². The number of hydrogen-bond acceptors (Lipinski definition) is 3. The van der Waals surface area contributed by atoms with Gasteiger partial charge >= 0.3 is 0 Å². The molecular weight excluding hydrogens is 296 g/mol. The van der Waals surface area contributed by atoms with E-state index >= 15 is 0 Å². The molecule has 2 heterocycles. The lowest BCUT2D eigenvalue weighted by molar-refractivity contribution is 0.0950. The van der Waals surface area contributed by atoms with E-state index < -0.39 is 0 Å². The van der Waals surface area contributed by atoms with Gasteiger partial charge in [0.1, 0.15) is 11.9 Å². The van der Waals surface area contributed by atoms with Crippen LogP contribution in [0.4, 0.5) is 0 Å². The van der Waals surface area contributed by atoms with E-state index in [2.05, 4.69) is 70.5 Å². The second kappa shape index (κ2) is 7.20. The summed E-state index contributed by atoms with van der Waals surface area (Å²) in [6.07, 6.45) is 4.55. The van der Waals surface area contributed by atoms with Crippen LogP contribution in [0.25, 0.3) is 6.08 Å². The average Bonchev–Trinajstić information content (AvgIpc) is 2.64. The van der Waals surface area contributed by atoms with Crippen molar-refractivity contribution in [3.63, 3.8) is 0 Å². The van der Waals surface area contributed by atoms with Crippen LogP contribution in [-0.2, 0) is 6.54 Å². The SMILES string of the molecule is C1=CC(CN2CCN(Cc3ccccc3)CC2)Oc2ccccc21. The number of hydrogen-bond donors (Lipinski definition) is 0. The van der Waals surface area contributed by atoms with Gasteiger partial charge in [-0.05, 0) is 17.7 Å². The summed E-state index contributed by atoms with van der Waals surface area (Å²) in [5.74, 6) is 1.01. The third-order valence-electron chi connectivity index (χ3n) is 4.84. The molecule has 1 atom stereocenters. The van der Waals surface area contributed by atoms with Crippen molar-refractivity contribution in [3.8, 4) is 5.75 Å². The van der Waals surface area contributed by atoms with Crippen LogP contribution in [-0.4, -0.2) is 48.6 Å². The zero-order valence-corrected chi connectivity index (χ0v) is 14.0. The molecule has 124 valence electrons. The monoisotopic (exact) mass is 320 g/mol. The van der Waals surface area contributed by atoms with E-state index in [4.69, 9.17) is 4.74 Å². The van der Waals surface area contributed by atoms with Crippen LogP contribution in [0.1, 0.15) is 11.1 Å². The summed E-state index contributed by atoms with van der Waals surface area (Å²) in [7, 11) is 0. The second-order valence-electron chi connectivity index (χ2n) is 6.62. The molecule has 1 unspecified atom stereocenters. The van der Waals surface area contributed by atoms with Crippen molar-refractivity contribution < 1.29 is 4.74 Å². The van der Waals surface area contributed by atoms with Gasteiger partial charge in [0.2, 0.25) is 0 Å². The van der Waals surface area contributed by atoms with Gasteiger partial charge < -0.3 is 4.74 Å². The van der Waals surface area contributed by atoms with Crippen molar-refractivity contribution >= 4 is 6.08 Å². The molecule has 0 saturated carbocycles. The van der Waals surface area contributed by atoms with E-state index in [1.165, 1.54) is 11.1 Å². The molecule has 24 heavy (non-hydrogen) atoms. The van der Waals surface area contributed by atoms with E-state index in [0.29, 0.717) is 0 Å². The minimum Gasteiger partial charge on any atom is -0.484 e. The Labute approximate surface area is 144 Å². The molecule has 0 aromatic heterocycles. The molecule has 3 heteroatoms. The number of ether oxygens (including phenoxy) is 1.